The summed E-state index contributed by atoms with van der Waals surface area (Å²) in [6.45, 7) is 0.919. The van der Waals surface area contributed by atoms with Crippen LogP contribution >= 0.6 is 0 Å². The Hall–Kier alpha value is -0.621. The normalized spacial score (nSPS) is 9.92. The first kappa shape index (κ1) is 17.5. The number of nitrogens with two attached hydrogens (primary N) is 1. The predicted octanol–water partition coefficient (Wildman–Crippen LogP) is -1.52. The smallest absolute Gasteiger partial charge is 0.332 e. The molecule has 7 heteroatoms. The summed E-state index contributed by atoms with van der Waals surface area (Å²) in [5, 5.41) is 23.4. The summed E-state index contributed by atoms with van der Waals surface area (Å²) in [6, 6.07) is 0. The van der Waals surface area contributed by atoms with Crippen molar-refractivity contribution in [3.05, 3.63) is 0 Å². The van der Waals surface area contributed by atoms with Gasteiger partial charge >= 0.3 is 11.9 Å². The van der Waals surface area contributed by atoms with E-state index in [1.54, 1.807) is 0 Å². The Labute approximate surface area is 79.8 Å². The Morgan fingerprint density at radius 3 is 1.58 bits per heavy atom. The molecule has 0 amide bonds. The number of aliphatic hydroxyl groups excluding tert-OH is 1. The minimum atomic E-state index is -1.23. The van der Waals surface area contributed by atoms with Gasteiger partial charge in [-0.15, -0.1) is 0 Å². The Kier molecular flexibility index (Phi) is 15.1. The molecular weight excluding hydrogens is 218 g/mol. The van der Waals surface area contributed by atoms with E-state index in [1.807, 2.05) is 0 Å². The van der Waals surface area contributed by atoms with Gasteiger partial charge in [-0.1, -0.05) is 0 Å². The van der Waals surface area contributed by atoms with Gasteiger partial charge in [-0.05, 0) is 6.92 Å². The van der Waals surface area contributed by atoms with E-state index < -0.39 is 18.0 Å². The van der Waals surface area contributed by atoms with E-state index in [0.29, 0.717) is 0 Å². The molecule has 0 saturated carbocycles. The summed E-state index contributed by atoms with van der Waals surface area (Å²) in [5.41, 5.74) is 4.57. The second-order valence-electron chi connectivity index (χ2n) is 1.61. The Morgan fingerprint density at radius 1 is 1.42 bits per heavy atom. The third-order valence-corrected chi connectivity index (χ3v) is 0.532. The summed E-state index contributed by atoms with van der Waals surface area (Å²) in [7, 11) is 0. The molecule has 0 spiro atoms. The SMILES string of the molecule is CC(O)C(=O)O.NCC(=O)O.[Cu]. The molecule has 5 N–H and O–H groups in total. The van der Waals surface area contributed by atoms with E-state index in [2.05, 4.69) is 5.73 Å². The van der Waals surface area contributed by atoms with Gasteiger partial charge in [0.15, 0.2) is 0 Å². The van der Waals surface area contributed by atoms with Crippen LogP contribution in [-0.2, 0) is 26.7 Å². The molecule has 6 nitrogen and oxygen atoms in total. The fourth-order valence-electron chi connectivity index (χ4n) is 0. The van der Waals surface area contributed by atoms with Crippen LogP contribution < -0.4 is 5.73 Å². The third kappa shape index (κ3) is 22.8. The van der Waals surface area contributed by atoms with Gasteiger partial charge in [-0.25, -0.2) is 4.79 Å². The molecule has 0 bridgehead atoms. The molecule has 0 aromatic rings. The summed E-state index contributed by atoms with van der Waals surface area (Å²) < 4.78 is 0. The van der Waals surface area contributed by atoms with Crippen molar-refractivity contribution in [3.8, 4) is 0 Å². The molecule has 0 aliphatic carbocycles. The van der Waals surface area contributed by atoms with Gasteiger partial charge in [0, 0.05) is 17.1 Å². The number of aliphatic hydroxyl groups is 1. The van der Waals surface area contributed by atoms with Gasteiger partial charge in [0.05, 0.1) is 6.54 Å². The zero-order valence-electron chi connectivity index (χ0n) is 6.32. The molecule has 0 aromatic heterocycles. The van der Waals surface area contributed by atoms with Crippen molar-refractivity contribution in [1.82, 2.24) is 0 Å². The zero-order chi connectivity index (χ0) is 9.44. The van der Waals surface area contributed by atoms with Crippen LogP contribution in [0.5, 0.6) is 0 Å². The van der Waals surface area contributed by atoms with Gasteiger partial charge in [-0.2, -0.15) is 0 Å². The van der Waals surface area contributed by atoms with Gasteiger partial charge < -0.3 is 21.1 Å². The minimum Gasteiger partial charge on any atom is -0.480 e. The first-order valence-electron chi connectivity index (χ1n) is 2.74. The van der Waals surface area contributed by atoms with Crippen molar-refractivity contribution in [2.75, 3.05) is 6.54 Å². The van der Waals surface area contributed by atoms with Gasteiger partial charge in [0.2, 0.25) is 0 Å². The quantitative estimate of drug-likeness (QED) is 0.426. The van der Waals surface area contributed by atoms with E-state index in [9.17, 15) is 9.59 Å². The van der Waals surface area contributed by atoms with Crippen LogP contribution in [-0.4, -0.2) is 39.9 Å². The molecule has 1 unspecified atom stereocenters. The Balaban J connectivity index is -0.000000126. The average Bonchev–Trinajstić information content (AvgIpc) is 1.89. The topological polar surface area (TPSA) is 121 Å². The second-order valence-corrected chi connectivity index (χ2v) is 1.61. The molecular formula is C5H11CuNO5. The number of carbonyl (C=O) groups is 2. The second kappa shape index (κ2) is 10.4. The molecule has 0 rings (SSSR count). The van der Waals surface area contributed by atoms with Crippen molar-refractivity contribution < 1.29 is 42.0 Å². The summed E-state index contributed by atoms with van der Waals surface area (Å²) >= 11 is 0. The number of hydrogen-bond acceptors (Lipinski definition) is 4. The average molecular weight is 229 g/mol. The first-order valence-corrected chi connectivity index (χ1v) is 2.74. The maximum atomic E-state index is 9.45. The van der Waals surface area contributed by atoms with E-state index >= 15 is 0 Å². The van der Waals surface area contributed by atoms with Gasteiger partial charge in [0.25, 0.3) is 0 Å². The van der Waals surface area contributed by atoms with Crippen LogP contribution in [0.4, 0.5) is 0 Å². The molecule has 0 aliphatic heterocycles. The molecule has 0 aliphatic rings. The van der Waals surface area contributed by atoms with Crippen molar-refractivity contribution in [3.63, 3.8) is 0 Å². The molecule has 12 heavy (non-hydrogen) atoms. The predicted molar refractivity (Wildman–Crippen MR) is 36.0 cm³/mol. The standard InChI is InChI=1S/C3H6O3.C2H5NO2.Cu/c1-2(4)3(5)6;3-1-2(4)5;/h2,4H,1H3,(H,5,6);1,3H2,(H,4,5);. The maximum Gasteiger partial charge on any atom is 0.332 e. The van der Waals surface area contributed by atoms with E-state index in [1.165, 1.54) is 6.92 Å². The van der Waals surface area contributed by atoms with E-state index in [4.69, 9.17) is 15.3 Å². The Bertz CT molecular complexity index is 138. The summed E-state index contributed by atoms with van der Waals surface area (Å²) in [4.78, 5) is 18.7. The van der Waals surface area contributed by atoms with Crippen molar-refractivity contribution >= 4 is 11.9 Å². The van der Waals surface area contributed by atoms with Crippen molar-refractivity contribution in [1.29, 1.82) is 0 Å². The molecule has 1 atom stereocenters. The van der Waals surface area contributed by atoms with Gasteiger partial charge in [0.1, 0.15) is 6.10 Å². The maximum absolute atomic E-state index is 9.45. The van der Waals surface area contributed by atoms with Crippen LogP contribution in [0.15, 0.2) is 0 Å². The zero-order valence-corrected chi connectivity index (χ0v) is 7.26. The number of rotatable bonds is 2. The molecule has 0 heterocycles. The van der Waals surface area contributed by atoms with Crippen LogP contribution in [0.1, 0.15) is 6.92 Å². The van der Waals surface area contributed by atoms with E-state index in [-0.39, 0.29) is 23.6 Å². The summed E-state index contributed by atoms with van der Waals surface area (Å²) in [6.07, 6.45) is -1.23. The number of aliphatic carboxylic acids is 2. The Morgan fingerprint density at radius 2 is 1.58 bits per heavy atom. The number of carboxylic acid groups (broad SMARTS) is 2. The summed E-state index contributed by atoms with van der Waals surface area (Å²) in [5.74, 6) is -2.15. The van der Waals surface area contributed by atoms with Gasteiger partial charge in [-0.3, -0.25) is 4.79 Å². The molecule has 1 radical (unpaired) electrons. The fraction of sp³-hybridized carbons (Fsp3) is 0.600. The van der Waals surface area contributed by atoms with Crippen LogP contribution in [0.2, 0.25) is 0 Å². The monoisotopic (exact) mass is 228 g/mol. The number of hydrogen-bond donors (Lipinski definition) is 4. The van der Waals surface area contributed by atoms with Crippen LogP contribution in [0.25, 0.3) is 0 Å². The first-order chi connectivity index (χ1) is 4.91. The molecule has 0 aromatic carbocycles. The van der Waals surface area contributed by atoms with Crippen molar-refractivity contribution in [2.24, 2.45) is 5.73 Å². The number of carboxylic acids is 2. The minimum absolute atomic E-state index is 0. The van der Waals surface area contributed by atoms with Crippen LogP contribution in [0, 0.1) is 0 Å². The van der Waals surface area contributed by atoms with E-state index in [0.717, 1.165) is 0 Å². The van der Waals surface area contributed by atoms with Crippen LogP contribution in [0.3, 0.4) is 0 Å². The largest absolute Gasteiger partial charge is 0.480 e. The molecule has 0 fully saturated rings. The molecule has 77 valence electrons. The molecule has 0 saturated heterocycles. The third-order valence-electron chi connectivity index (χ3n) is 0.532. The fourth-order valence-corrected chi connectivity index (χ4v) is 0. The van der Waals surface area contributed by atoms with Crippen molar-refractivity contribution in [2.45, 2.75) is 13.0 Å².